The third-order valence-electron chi connectivity index (χ3n) is 3.54. The van der Waals surface area contributed by atoms with Gasteiger partial charge in [0.1, 0.15) is 5.75 Å². The fraction of sp³-hybridized carbons (Fsp3) is 0.500. The zero-order chi connectivity index (χ0) is 13.3. The van der Waals surface area contributed by atoms with E-state index < -0.39 is 5.97 Å². The molecule has 0 radical (unpaired) electrons. The largest absolute Gasteiger partial charge is 0.495 e. The summed E-state index contributed by atoms with van der Waals surface area (Å²) in [7, 11) is 1.57. The summed E-state index contributed by atoms with van der Waals surface area (Å²) in [4.78, 5) is 11.0. The molecule has 1 saturated carbocycles. The number of benzene rings is 1. The molecule has 0 aliphatic heterocycles. The van der Waals surface area contributed by atoms with Gasteiger partial charge in [-0.15, -0.1) is 0 Å². The van der Waals surface area contributed by atoms with Crippen LogP contribution in [0.2, 0.25) is 5.02 Å². The molecule has 0 saturated heterocycles. The van der Waals surface area contributed by atoms with Crippen molar-refractivity contribution in [2.75, 3.05) is 7.11 Å². The lowest BCUT2D eigenvalue weighted by molar-refractivity contribution is -0.137. The van der Waals surface area contributed by atoms with Crippen molar-refractivity contribution in [3.05, 3.63) is 28.3 Å². The SMILES string of the molecule is COc1ccc(C)c(C(CC(=O)O)C2CC2)c1Cl. The molecule has 1 atom stereocenters. The number of carboxylic acid groups (broad SMARTS) is 1. The maximum atomic E-state index is 11.0. The predicted octanol–water partition coefficient (Wildman–Crippen LogP) is 3.63. The van der Waals surface area contributed by atoms with Gasteiger partial charge in [-0.25, -0.2) is 0 Å². The molecule has 1 aliphatic carbocycles. The highest BCUT2D eigenvalue weighted by atomic mass is 35.5. The van der Waals surface area contributed by atoms with Crippen LogP contribution in [0.4, 0.5) is 0 Å². The fourth-order valence-electron chi connectivity index (χ4n) is 2.47. The number of aliphatic carboxylic acids is 1. The van der Waals surface area contributed by atoms with E-state index in [1.54, 1.807) is 7.11 Å². The van der Waals surface area contributed by atoms with Gasteiger partial charge in [0, 0.05) is 0 Å². The average Bonchev–Trinajstić information content (AvgIpc) is 3.11. The van der Waals surface area contributed by atoms with Gasteiger partial charge in [0.05, 0.1) is 18.6 Å². The normalized spacial score (nSPS) is 16.4. The van der Waals surface area contributed by atoms with Crippen molar-refractivity contribution in [3.8, 4) is 5.75 Å². The Morgan fingerprint density at radius 3 is 2.72 bits per heavy atom. The number of rotatable bonds is 5. The molecule has 2 rings (SSSR count). The van der Waals surface area contributed by atoms with Gasteiger partial charge < -0.3 is 9.84 Å². The van der Waals surface area contributed by atoms with Crippen molar-refractivity contribution in [3.63, 3.8) is 0 Å². The molecule has 1 unspecified atom stereocenters. The van der Waals surface area contributed by atoms with Crippen LogP contribution in [0.15, 0.2) is 12.1 Å². The first kappa shape index (κ1) is 13.2. The Morgan fingerprint density at radius 2 is 2.22 bits per heavy atom. The molecule has 1 aliphatic rings. The monoisotopic (exact) mass is 268 g/mol. The van der Waals surface area contributed by atoms with Crippen LogP contribution in [0, 0.1) is 12.8 Å². The van der Waals surface area contributed by atoms with Crippen LogP contribution < -0.4 is 4.74 Å². The van der Waals surface area contributed by atoms with E-state index >= 15 is 0 Å². The number of ether oxygens (including phenoxy) is 1. The minimum atomic E-state index is -0.773. The predicted molar refractivity (Wildman–Crippen MR) is 70.5 cm³/mol. The van der Waals surface area contributed by atoms with E-state index in [0.717, 1.165) is 24.0 Å². The van der Waals surface area contributed by atoms with Crippen LogP contribution in [-0.4, -0.2) is 18.2 Å². The van der Waals surface area contributed by atoms with Crippen LogP contribution in [0.25, 0.3) is 0 Å². The topological polar surface area (TPSA) is 46.5 Å². The van der Waals surface area contributed by atoms with Crippen LogP contribution in [-0.2, 0) is 4.79 Å². The minimum absolute atomic E-state index is 0.00472. The van der Waals surface area contributed by atoms with E-state index in [-0.39, 0.29) is 12.3 Å². The molecule has 0 amide bonds. The molecule has 0 heterocycles. The van der Waals surface area contributed by atoms with Crippen molar-refractivity contribution in [1.82, 2.24) is 0 Å². The summed E-state index contributed by atoms with van der Waals surface area (Å²) in [6.07, 6.45) is 2.31. The van der Waals surface area contributed by atoms with Crippen molar-refractivity contribution in [2.24, 2.45) is 5.92 Å². The lowest BCUT2D eigenvalue weighted by Crippen LogP contribution is -2.11. The van der Waals surface area contributed by atoms with Crippen molar-refractivity contribution in [1.29, 1.82) is 0 Å². The Kier molecular flexibility index (Phi) is 3.81. The van der Waals surface area contributed by atoms with Gasteiger partial charge in [-0.1, -0.05) is 17.7 Å². The van der Waals surface area contributed by atoms with Gasteiger partial charge in [0.2, 0.25) is 0 Å². The minimum Gasteiger partial charge on any atom is -0.495 e. The van der Waals surface area contributed by atoms with Crippen LogP contribution in [0.5, 0.6) is 5.75 Å². The first-order valence-corrected chi connectivity index (χ1v) is 6.47. The second-order valence-corrected chi connectivity index (χ2v) is 5.23. The zero-order valence-electron chi connectivity index (χ0n) is 10.6. The van der Waals surface area contributed by atoms with Gasteiger partial charge in [-0.3, -0.25) is 4.79 Å². The molecule has 3 nitrogen and oxygen atoms in total. The van der Waals surface area contributed by atoms with E-state index in [0.29, 0.717) is 16.7 Å². The number of halogens is 1. The first-order valence-electron chi connectivity index (χ1n) is 6.09. The number of aryl methyl sites for hydroxylation is 1. The molecule has 98 valence electrons. The highest BCUT2D eigenvalue weighted by Gasteiger charge is 2.36. The summed E-state index contributed by atoms with van der Waals surface area (Å²) in [5.74, 6) is 0.299. The molecule has 1 N–H and O–H groups in total. The van der Waals surface area contributed by atoms with Gasteiger partial charge in [-0.05, 0) is 48.8 Å². The maximum absolute atomic E-state index is 11.0. The molecule has 1 aromatic rings. The molecule has 0 spiro atoms. The van der Waals surface area contributed by atoms with E-state index in [2.05, 4.69) is 0 Å². The van der Waals surface area contributed by atoms with Crippen LogP contribution in [0.3, 0.4) is 0 Å². The molecular formula is C14H17ClO3. The molecular weight excluding hydrogens is 252 g/mol. The quantitative estimate of drug-likeness (QED) is 0.887. The summed E-state index contributed by atoms with van der Waals surface area (Å²) < 4.78 is 5.22. The van der Waals surface area contributed by atoms with Gasteiger partial charge in [-0.2, -0.15) is 0 Å². The molecule has 1 fully saturated rings. The lowest BCUT2D eigenvalue weighted by atomic mass is 9.88. The van der Waals surface area contributed by atoms with E-state index in [9.17, 15) is 4.79 Å². The standard InChI is InChI=1S/C14H17ClO3/c1-8-3-6-11(18-2)14(15)13(8)10(7-12(16)17)9-4-5-9/h3,6,9-10H,4-5,7H2,1-2H3,(H,16,17). The number of hydrogen-bond acceptors (Lipinski definition) is 2. The first-order chi connectivity index (χ1) is 8.54. The van der Waals surface area contributed by atoms with E-state index in [1.165, 1.54) is 0 Å². The Balaban J connectivity index is 2.42. The van der Waals surface area contributed by atoms with Crippen LogP contribution in [0.1, 0.15) is 36.3 Å². The van der Waals surface area contributed by atoms with Gasteiger partial charge >= 0.3 is 5.97 Å². The summed E-state index contributed by atoms with van der Waals surface area (Å²) in [6.45, 7) is 1.97. The van der Waals surface area contributed by atoms with Gasteiger partial charge in [0.25, 0.3) is 0 Å². The lowest BCUT2D eigenvalue weighted by Gasteiger charge is -2.20. The Bertz CT molecular complexity index is 466. The third kappa shape index (κ3) is 2.61. The summed E-state index contributed by atoms with van der Waals surface area (Å²) in [5, 5.41) is 9.62. The highest BCUT2D eigenvalue weighted by Crippen LogP contribution is 2.48. The number of carboxylic acids is 1. The third-order valence-corrected chi connectivity index (χ3v) is 3.93. The van der Waals surface area contributed by atoms with Crippen molar-refractivity contribution < 1.29 is 14.6 Å². The number of hydrogen-bond donors (Lipinski definition) is 1. The fourth-order valence-corrected chi connectivity index (χ4v) is 2.90. The zero-order valence-corrected chi connectivity index (χ0v) is 11.3. The Hall–Kier alpha value is -1.22. The molecule has 0 aromatic heterocycles. The summed E-state index contributed by atoms with van der Waals surface area (Å²) in [6, 6.07) is 3.77. The van der Waals surface area contributed by atoms with E-state index in [4.69, 9.17) is 21.4 Å². The van der Waals surface area contributed by atoms with Crippen LogP contribution >= 0.6 is 11.6 Å². The average molecular weight is 269 g/mol. The molecule has 4 heteroatoms. The molecule has 1 aromatic carbocycles. The second kappa shape index (κ2) is 5.19. The summed E-state index contributed by atoms with van der Waals surface area (Å²) in [5.41, 5.74) is 1.99. The number of carbonyl (C=O) groups is 1. The van der Waals surface area contributed by atoms with Gasteiger partial charge in [0.15, 0.2) is 0 Å². The van der Waals surface area contributed by atoms with E-state index in [1.807, 2.05) is 19.1 Å². The molecule has 0 bridgehead atoms. The smallest absolute Gasteiger partial charge is 0.303 e. The number of methoxy groups -OCH3 is 1. The van der Waals surface area contributed by atoms with Crippen molar-refractivity contribution >= 4 is 17.6 Å². The highest BCUT2D eigenvalue weighted by molar-refractivity contribution is 6.33. The Labute approximate surface area is 112 Å². The maximum Gasteiger partial charge on any atom is 0.303 e. The molecule has 18 heavy (non-hydrogen) atoms. The second-order valence-electron chi connectivity index (χ2n) is 4.85. The summed E-state index contributed by atoms with van der Waals surface area (Å²) >= 11 is 6.35. The Morgan fingerprint density at radius 1 is 1.56 bits per heavy atom. The van der Waals surface area contributed by atoms with Crippen molar-refractivity contribution in [2.45, 2.75) is 32.1 Å².